The minimum Gasteiger partial charge on any atom is -0.494 e. The SMILES string of the molecule is COc1cc(C2=[C]c3ccccc3CC2)ccc1F. The smallest absolute Gasteiger partial charge is 0.165 e. The zero-order valence-electron chi connectivity index (χ0n) is 10.7. The van der Waals surface area contributed by atoms with E-state index in [1.807, 2.05) is 12.1 Å². The van der Waals surface area contributed by atoms with Crippen molar-refractivity contribution < 1.29 is 9.13 Å². The molecule has 19 heavy (non-hydrogen) atoms. The van der Waals surface area contributed by atoms with Crippen molar-refractivity contribution in [2.75, 3.05) is 7.11 Å². The Balaban J connectivity index is 2.02. The summed E-state index contributed by atoms with van der Waals surface area (Å²) >= 11 is 0. The number of hydrogen-bond donors (Lipinski definition) is 0. The molecule has 0 spiro atoms. The van der Waals surface area contributed by atoms with Crippen molar-refractivity contribution in [3.05, 3.63) is 71.0 Å². The number of aryl methyl sites for hydroxylation is 1. The second kappa shape index (κ2) is 4.88. The number of benzene rings is 2. The lowest BCUT2D eigenvalue weighted by Gasteiger charge is -2.16. The van der Waals surface area contributed by atoms with Crippen molar-refractivity contribution in [3.8, 4) is 5.75 Å². The molecule has 1 nitrogen and oxygen atoms in total. The normalized spacial score (nSPS) is 13.7. The minimum atomic E-state index is -0.331. The Labute approximate surface area is 112 Å². The summed E-state index contributed by atoms with van der Waals surface area (Å²) in [5, 5.41) is 0. The predicted molar refractivity (Wildman–Crippen MR) is 73.5 cm³/mol. The topological polar surface area (TPSA) is 9.23 Å². The number of methoxy groups -OCH3 is 1. The third kappa shape index (κ3) is 2.26. The number of halogens is 1. The van der Waals surface area contributed by atoms with Crippen LogP contribution < -0.4 is 4.74 Å². The maximum absolute atomic E-state index is 13.4. The van der Waals surface area contributed by atoms with Crippen molar-refractivity contribution in [2.24, 2.45) is 0 Å². The molecule has 2 heteroatoms. The minimum absolute atomic E-state index is 0.283. The third-order valence-electron chi connectivity index (χ3n) is 3.45. The Morgan fingerprint density at radius 2 is 1.95 bits per heavy atom. The summed E-state index contributed by atoms with van der Waals surface area (Å²) in [5.74, 6) is -0.0475. The lowest BCUT2D eigenvalue weighted by molar-refractivity contribution is 0.386. The summed E-state index contributed by atoms with van der Waals surface area (Å²) in [4.78, 5) is 0. The fourth-order valence-corrected chi connectivity index (χ4v) is 2.41. The maximum Gasteiger partial charge on any atom is 0.165 e. The molecule has 0 saturated heterocycles. The van der Waals surface area contributed by atoms with Crippen molar-refractivity contribution in [1.82, 2.24) is 0 Å². The molecule has 0 N–H and O–H groups in total. The molecule has 0 fully saturated rings. The van der Waals surface area contributed by atoms with Crippen molar-refractivity contribution in [2.45, 2.75) is 12.8 Å². The van der Waals surface area contributed by atoms with Crippen LogP contribution in [0, 0.1) is 11.9 Å². The molecule has 2 aromatic rings. The van der Waals surface area contributed by atoms with E-state index in [0.717, 1.165) is 29.5 Å². The van der Waals surface area contributed by atoms with E-state index in [2.05, 4.69) is 18.2 Å². The number of hydrogen-bond acceptors (Lipinski definition) is 1. The summed E-state index contributed by atoms with van der Waals surface area (Å²) in [6.07, 6.45) is 5.34. The zero-order valence-corrected chi connectivity index (χ0v) is 10.7. The monoisotopic (exact) mass is 253 g/mol. The molecule has 0 amide bonds. The van der Waals surface area contributed by atoms with Crippen LogP contribution in [0.15, 0.2) is 42.5 Å². The van der Waals surface area contributed by atoms with Gasteiger partial charge in [0.05, 0.1) is 7.11 Å². The van der Waals surface area contributed by atoms with E-state index < -0.39 is 0 Å². The lowest BCUT2D eigenvalue weighted by atomic mass is 9.89. The Kier molecular flexibility index (Phi) is 3.08. The Bertz CT molecular complexity index is 643. The number of allylic oxidation sites excluding steroid dienone is 1. The summed E-state index contributed by atoms with van der Waals surface area (Å²) in [6.45, 7) is 0. The highest BCUT2D eigenvalue weighted by Gasteiger charge is 2.13. The van der Waals surface area contributed by atoms with E-state index >= 15 is 0 Å². The molecule has 0 bridgehead atoms. The average Bonchev–Trinajstić information content (AvgIpc) is 2.47. The van der Waals surface area contributed by atoms with E-state index in [0.29, 0.717) is 0 Å². The van der Waals surface area contributed by atoms with Gasteiger partial charge in [-0.05, 0) is 53.3 Å². The van der Waals surface area contributed by atoms with Gasteiger partial charge in [0, 0.05) is 0 Å². The van der Waals surface area contributed by atoms with Crippen LogP contribution in [0.4, 0.5) is 4.39 Å². The molecule has 2 aromatic carbocycles. The molecule has 1 aliphatic rings. The number of rotatable bonds is 2. The van der Waals surface area contributed by atoms with Crippen LogP contribution in [0.5, 0.6) is 5.75 Å². The maximum atomic E-state index is 13.4. The molecule has 95 valence electrons. The number of ether oxygens (including phenoxy) is 1. The molecule has 0 heterocycles. The van der Waals surface area contributed by atoms with Crippen molar-refractivity contribution >= 4 is 5.57 Å². The highest BCUT2D eigenvalue weighted by molar-refractivity contribution is 5.69. The first kappa shape index (κ1) is 12.0. The van der Waals surface area contributed by atoms with Gasteiger partial charge in [0.1, 0.15) is 0 Å². The largest absolute Gasteiger partial charge is 0.494 e. The number of fused-ring (bicyclic) bond motifs is 1. The van der Waals surface area contributed by atoms with E-state index in [4.69, 9.17) is 4.74 Å². The van der Waals surface area contributed by atoms with Gasteiger partial charge in [-0.1, -0.05) is 30.3 Å². The fraction of sp³-hybridized carbons (Fsp3) is 0.176. The van der Waals surface area contributed by atoms with Crippen LogP contribution in [0.25, 0.3) is 5.57 Å². The quantitative estimate of drug-likeness (QED) is 0.785. The first-order valence-electron chi connectivity index (χ1n) is 6.32. The van der Waals surface area contributed by atoms with E-state index in [1.54, 1.807) is 12.1 Å². The standard InChI is InChI=1S/C17H14FO/c1-19-17-11-15(8-9-16(17)18)14-7-6-12-4-2-3-5-13(12)10-14/h2-5,8-9,11H,6-7H2,1H3. The van der Waals surface area contributed by atoms with Gasteiger partial charge in [0.15, 0.2) is 11.6 Å². The average molecular weight is 253 g/mol. The van der Waals surface area contributed by atoms with E-state index in [1.165, 1.54) is 18.7 Å². The highest BCUT2D eigenvalue weighted by atomic mass is 19.1. The van der Waals surface area contributed by atoms with Gasteiger partial charge in [0.25, 0.3) is 0 Å². The van der Waals surface area contributed by atoms with E-state index in [-0.39, 0.29) is 11.6 Å². The third-order valence-corrected chi connectivity index (χ3v) is 3.45. The van der Waals surface area contributed by atoms with Crippen LogP contribution in [0.2, 0.25) is 0 Å². The van der Waals surface area contributed by atoms with Gasteiger partial charge in [-0.2, -0.15) is 0 Å². The molecule has 0 saturated carbocycles. The summed E-state index contributed by atoms with van der Waals surface area (Å²) in [5.41, 5.74) is 4.54. The second-order valence-electron chi connectivity index (χ2n) is 4.61. The van der Waals surface area contributed by atoms with Crippen LogP contribution >= 0.6 is 0 Å². The van der Waals surface area contributed by atoms with Gasteiger partial charge in [-0.3, -0.25) is 0 Å². The molecule has 0 aliphatic heterocycles. The van der Waals surface area contributed by atoms with Gasteiger partial charge in [-0.15, -0.1) is 0 Å². The Morgan fingerprint density at radius 3 is 2.79 bits per heavy atom. The molecule has 0 unspecified atom stereocenters. The Morgan fingerprint density at radius 1 is 1.11 bits per heavy atom. The Hall–Kier alpha value is -2.09. The second-order valence-corrected chi connectivity index (χ2v) is 4.61. The first-order chi connectivity index (χ1) is 9.28. The fourth-order valence-electron chi connectivity index (χ4n) is 2.41. The molecular formula is C17H14FO. The van der Waals surface area contributed by atoms with Crippen molar-refractivity contribution in [1.29, 1.82) is 0 Å². The predicted octanol–water partition coefficient (Wildman–Crippen LogP) is 4.02. The summed E-state index contributed by atoms with van der Waals surface area (Å²) in [6, 6.07) is 13.2. The highest BCUT2D eigenvalue weighted by Crippen LogP contribution is 2.30. The van der Waals surface area contributed by atoms with Crippen LogP contribution in [-0.4, -0.2) is 7.11 Å². The van der Waals surface area contributed by atoms with Gasteiger partial charge < -0.3 is 4.74 Å². The molecule has 1 aliphatic carbocycles. The van der Waals surface area contributed by atoms with E-state index in [9.17, 15) is 4.39 Å². The van der Waals surface area contributed by atoms with Gasteiger partial charge in [0.2, 0.25) is 0 Å². The first-order valence-corrected chi connectivity index (χ1v) is 6.32. The lowest BCUT2D eigenvalue weighted by Crippen LogP contribution is -2.00. The van der Waals surface area contributed by atoms with Gasteiger partial charge >= 0.3 is 0 Å². The molecule has 0 atom stereocenters. The van der Waals surface area contributed by atoms with Crippen LogP contribution in [0.1, 0.15) is 23.1 Å². The molecular weight excluding hydrogens is 239 g/mol. The molecule has 0 aromatic heterocycles. The van der Waals surface area contributed by atoms with Gasteiger partial charge in [-0.25, -0.2) is 4.39 Å². The molecule has 1 radical (unpaired) electrons. The summed E-state index contributed by atoms with van der Waals surface area (Å²) < 4.78 is 18.5. The summed E-state index contributed by atoms with van der Waals surface area (Å²) in [7, 11) is 1.48. The van der Waals surface area contributed by atoms with Crippen LogP contribution in [0.3, 0.4) is 0 Å². The van der Waals surface area contributed by atoms with Crippen molar-refractivity contribution in [3.63, 3.8) is 0 Å². The zero-order chi connectivity index (χ0) is 13.2. The van der Waals surface area contributed by atoms with Crippen LogP contribution in [-0.2, 0) is 6.42 Å². The molecule has 3 rings (SSSR count).